The molecule has 1 amide bonds. The summed E-state index contributed by atoms with van der Waals surface area (Å²) in [6.45, 7) is 4.68. The predicted molar refractivity (Wildman–Crippen MR) is 107 cm³/mol. The lowest BCUT2D eigenvalue weighted by atomic mass is 10.1. The quantitative estimate of drug-likeness (QED) is 0.666. The van der Waals surface area contributed by atoms with Crippen molar-refractivity contribution in [2.24, 2.45) is 0 Å². The minimum absolute atomic E-state index is 0.110. The van der Waals surface area contributed by atoms with Crippen LogP contribution in [0.4, 0.5) is 0 Å². The summed E-state index contributed by atoms with van der Waals surface area (Å²) in [4.78, 5) is 16.4. The molecule has 1 N–H and O–H groups in total. The number of benzene rings is 1. The summed E-state index contributed by atoms with van der Waals surface area (Å²) in [6.07, 6.45) is 4.89. The van der Waals surface area contributed by atoms with E-state index in [1.54, 1.807) is 6.20 Å². The van der Waals surface area contributed by atoms with Crippen molar-refractivity contribution in [1.29, 1.82) is 0 Å². The lowest BCUT2D eigenvalue weighted by Crippen LogP contribution is -2.25. The molecule has 2 heterocycles. The summed E-state index contributed by atoms with van der Waals surface area (Å²) >= 11 is 0. The van der Waals surface area contributed by atoms with Crippen molar-refractivity contribution in [3.63, 3.8) is 0 Å². The van der Waals surface area contributed by atoms with E-state index in [1.165, 1.54) is 11.1 Å². The van der Waals surface area contributed by atoms with E-state index in [0.717, 1.165) is 36.5 Å². The normalized spacial score (nSPS) is 10.7. The summed E-state index contributed by atoms with van der Waals surface area (Å²) in [5, 5.41) is 7.63. The molecule has 2 aromatic heterocycles. The highest BCUT2D eigenvalue weighted by Crippen LogP contribution is 2.16. The van der Waals surface area contributed by atoms with Crippen molar-refractivity contribution < 1.29 is 4.79 Å². The summed E-state index contributed by atoms with van der Waals surface area (Å²) in [5.41, 5.74) is 4.50. The Labute approximate surface area is 160 Å². The summed E-state index contributed by atoms with van der Waals surface area (Å²) < 4.78 is 1.87. The van der Waals surface area contributed by atoms with Crippen LogP contribution in [0.1, 0.15) is 35.4 Å². The molecule has 0 bridgehead atoms. The number of pyridine rings is 1. The number of carbonyl (C=O) groups is 1. The van der Waals surface area contributed by atoms with E-state index in [0.29, 0.717) is 13.0 Å². The topological polar surface area (TPSA) is 59.8 Å². The van der Waals surface area contributed by atoms with Crippen LogP contribution in [0.3, 0.4) is 0 Å². The third-order valence-corrected chi connectivity index (χ3v) is 4.72. The second-order valence-electron chi connectivity index (χ2n) is 6.69. The fourth-order valence-electron chi connectivity index (χ4n) is 3.25. The Morgan fingerprint density at radius 1 is 1.04 bits per heavy atom. The van der Waals surface area contributed by atoms with Gasteiger partial charge >= 0.3 is 0 Å². The fraction of sp³-hybridized carbons (Fsp3) is 0.318. The molecule has 0 saturated heterocycles. The van der Waals surface area contributed by atoms with Crippen LogP contribution in [0, 0.1) is 13.8 Å². The van der Waals surface area contributed by atoms with Gasteiger partial charge in [0.15, 0.2) is 5.82 Å². The molecule has 3 rings (SSSR count). The first-order valence-electron chi connectivity index (χ1n) is 9.42. The highest BCUT2D eigenvalue weighted by molar-refractivity contribution is 5.75. The molecule has 5 heteroatoms. The van der Waals surface area contributed by atoms with Gasteiger partial charge in [-0.05, 0) is 56.4 Å². The Kier molecular flexibility index (Phi) is 6.36. The number of aryl methyl sites for hydroxylation is 2. The molecule has 0 aliphatic heterocycles. The first kappa shape index (κ1) is 18.8. The SMILES string of the molecule is Cc1nn(-c2ccccn2)c(C)c1CCNC(=O)CCCc1ccccc1. The molecule has 0 fully saturated rings. The highest BCUT2D eigenvalue weighted by Gasteiger charge is 2.13. The zero-order valence-corrected chi connectivity index (χ0v) is 16.0. The van der Waals surface area contributed by atoms with Crippen molar-refractivity contribution in [3.05, 3.63) is 77.2 Å². The number of carbonyl (C=O) groups excluding carboxylic acids is 1. The number of amides is 1. The smallest absolute Gasteiger partial charge is 0.220 e. The molecule has 0 saturated carbocycles. The van der Waals surface area contributed by atoms with E-state index < -0.39 is 0 Å². The van der Waals surface area contributed by atoms with Crippen LogP contribution in [-0.2, 0) is 17.6 Å². The van der Waals surface area contributed by atoms with Gasteiger partial charge < -0.3 is 5.32 Å². The van der Waals surface area contributed by atoms with Gasteiger partial charge in [-0.15, -0.1) is 0 Å². The molecule has 0 radical (unpaired) electrons. The molecule has 5 nitrogen and oxygen atoms in total. The largest absolute Gasteiger partial charge is 0.356 e. The van der Waals surface area contributed by atoms with Gasteiger partial charge in [0, 0.05) is 24.9 Å². The van der Waals surface area contributed by atoms with Crippen LogP contribution in [0.25, 0.3) is 5.82 Å². The van der Waals surface area contributed by atoms with Crippen LogP contribution in [0.2, 0.25) is 0 Å². The first-order valence-corrected chi connectivity index (χ1v) is 9.42. The van der Waals surface area contributed by atoms with Crippen molar-refractivity contribution >= 4 is 5.91 Å². The fourth-order valence-corrected chi connectivity index (χ4v) is 3.25. The van der Waals surface area contributed by atoms with E-state index in [2.05, 4.69) is 27.5 Å². The molecule has 1 aromatic carbocycles. The Morgan fingerprint density at radius 3 is 2.56 bits per heavy atom. The van der Waals surface area contributed by atoms with Gasteiger partial charge in [-0.2, -0.15) is 5.10 Å². The van der Waals surface area contributed by atoms with E-state index in [9.17, 15) is 4.79 Å². The van der Waals surface area contributed by atoms with Crippen LogP contribution in [0.5, 0.6) is 0 Å². The van der Waals surface area contributed by atoms with E-state index in [1.807, 2.05) is 54.9 Å². The minimum atomic E-state index is 0.110. The predicted octanol–water partition coefficient (Wildman–Crippen LogP) is 3.57. The van der Waals surface area contributed by atoms with Crippen LogP contribution >= 0.6 is 0 Å². The molecule has 3 aromatic rings. The van der Waals surface area contributed by atoms with E-state index >= 15 is 0 Å². The number of hydrogen-bond acceptors (Lipinski definition) is 3. The first-order chi connectivity index (χ1) is 13.1. The monoisotopic (exact) mass is 362 g/mol. The second-order valence-corrected chi connectivity index (χ2v) is 6.69. The lowest BCUT2D eigenvalue weighted by molar-refractivity contribution is -0.121. The zero-order chi connectivity index (χ0) is 19.1. The number of nitrogens with one attached hydrogen (secondary N) is 1. The maximum atomic E-state index is 12.1. The Balaban J connectivity index is 1.47. The van der Waals surface area contributed by atoms with Crippen molar-refractivity contribution in [1.82, 2.24) is 20.1 Å². The van der Waals surface area contributed by atoms with Gasteiger partial charge in [0.1, 0.15) is 0 Å². The average Bonchev–Trinajstić information content (AvgIpc) is 2.98. The van der Waals surface area contributed by atoms with Crippen LogP contribution in [0.15, 0.2) is 54.7 Å². The standard InChI is InChI=1S/C22H26N4O/c1-17-20(18(2)26(25-17)21-12-6-7-15-23-21)14-16-24-22(27)13-8-11-19-9-4-3-5-10-19/h3-7,9-10,12,15H,8,11,13-14,16H2,1-2H3,(H,24,27). The van der Waals surface area contributed by atoms with E-state index in [4.69, 9.17) is 0 Å². The molecule has 0 aliphatic rings. The van der Waals surface area contributed by atoms with Crippen molar-refractivity contribution in [3.8, 4) is 5.82 Å². The van der Waals surface area contributed by atoms with Gasteiger partial charge in [0.25, 0.3) is 0 Å². The maximum absolute atomic E-state index is 12.1. The highest BCUT2D eigenvalue weighted by atomic mass is 16.1. The number of rotatable bonds is 8. The number of hydrogen-bond donors (Lipinski definition) is 1. The Morgan fingerprint density at radius 2 is 1.81 bits per heavy atom. The minimum Gasteiger partial charge on any atom is -0.356 e. The Bertz CT molecular complexity index is 872. The molecule has 0 unspecified atom stereocenters. The van der Waals surface area contributed by atoms with Gasteiger partial charge in [0.2, 0.25) is 5.91 Å². The van der Waals surface area contributed by atoms with Crippen molar-refractivity contribution in [2.75, 3.05) is 6.54 Å². The van der Waals surface area contributed by atoms with Gasteiger partial charge in [0.05, 0.1) is 5.69 Å². The molecule has 0 aliphatic carbocycles. The maximum Gasteiger partial charge on any atom is 0.220 e. The summed E-state index contributed by atoms with van der Waals surface area (Å²) in [5.74, 6) is 0.924. The van der Waals surface area contributed by atoms with Gasteiger partial charge in [-0.25, -0.2) is 9.67 Å². The molecular weight excluding hydrogens is 336 g/mol. The molecule has 140 valence electrons. The Hall–Kier alpha value is -2.95. The molecule has 0 atom stereocenters. The molecule has 0 spiro atoms. The number of aromatic nitrogens is 3. The summed E-state index contributed by atoms with van der Waals surface area (Å²) in [6, 6.07) is 16.1. The molecule has 27 heavy (non-hydrogen) atoms. The third kappa shape index (κ3) is 5.03. The van der Waals surface area contributed by atoms with Crippen LogP contribution < -0.4 is 5.32 Å². The second kappa shape index (κ2) is 9.12. The van der Waals surface area contributed by atoms with Crippen molar-refractivity contribution in [2.45, 2.75) is 39.5 Å². The van der Waals surface area contributed by atoms with Crippen LogP contribution in [-0.4, -0.2) is 27.2 Å². The lowest BCUT2D eigenvalue weighted by Gasteiger charge is -2.07. The number of nitrogens with zero attached hydrogens (tertiary/aromatic N) is 3. The molecular formula is C22H26N4O. The van der Waals surface area contributed by atoms with E-state index in [-0.39, 0.29) is 5.91 Å². The van der Waals surface area contributed by atoms with Gasteiger partial charge in [-0.1, -0.05) is 36.4 Å². The third-order valence-electron chi connectivity index (χ3n) is 4.72. The zero-order valence-electron chi connectivity index (χ0n) is 16.0. The average molecular weight is 362 g/mol. The van der Waals surface area contributed by atoms with Gasteiger partial charge in [-0.3, -0.25) is 4.79 Å². The summed E-state index contributed by atoms with van der Waals surface area (Å²) in [7, 11) is 0.